The molecule has 0 atom stereocenters. The van der Waals surface area contributed by atoms with Crippen molar-refractivity contribution < 1.29 is 9.72 Å². The molecule has 0 aliphatic heterocycles. The van der Waals surface area contributed by atoms with E-state index in [2.05, 4.69) is 31.0 Å². The lowest BCUT2D eigenvalue weighted by Gasteiger charge is -2.27. The lowest BCUT2D eigenvalue weighted by atomic mass is 10.2. The molecule has 0 saturated heterocycles. The second-order valence-corrected chi connectivity index (χ2v) is 6.09. The van der Waals surface area contributed by atoms with Crippen LogP contribution in [-0.2, 0) is 11.3 Å². The standard InChI is InChI=1S/C18H22N4O4/c1-4-21(13(2)3)15-7-5-14(6-8-15)19-17(23)12-20-11-16(22(25)26)9-10-18(20)24/h5-11,13H,4,12H2,1-3H3,(H,19,23). The van der Waals surface area contributed by atoms with Crippen LogP contribution in [0.4, 0.5) is 17.1 Å². The number of rotatable bonds is 7. The van der Waals surface area contributed by atoms with Gasteiger partial charge in [0.25, 0.3) is 11.2 Å². The van der Waals surface area contributed by atoms with Gasteiger partial charge in [0.05, 0.1) is 11.1 Å². The van der Waals surface area contributed by atoms with Crippen molar-refractivity contribution in [1.82, 2.24) is 4.57 Å². The molecule has 0 radical (unpaired) electrons. The summed E-state index contributed by atoms with van der Waals surface area (Å²) in [6.45, 7) is 6.87. The molecule has 0 saturated carbocycles. The van der Waals surface area contributed by atoms with Crippen molar-refractivity contribution in [2.45, 2.75) is 33.4 Å². The van der Waals surface area contributed by atoms with Gasteiger partial charge in [0.2, 0.25) is 5.91 Å². The number of aromatic nitrogens is 1. The highest BCUT2D eigenvalue weighted by atomic mass is 16.6. The first kappa shape index (κ1) is 19.2. The average molecular weight is 358 g/mol. The summed E-state index contributed by atoms with van der Waals surface area (Å²) in [5.74, 6) is -0.434. The molecule has 26 heavy (non-hydrogen) atoms. The third-order valence-corrected chi connectivity index (χ3v) is 3.94. The number of nitrogens with one attached hydrogen (secondary N) is 1. The van der Waals surface area contributed by atoms with E-state index in [1.807, 2.05) is 12.1 Å². The van der Waals surface area contributed by atoms with Crippen LogP contribution in [0.1, 0.15) is 20.8 Å². The highest BCUT2D eigenvalue weighted by Gasteiger charge is 2.12. The second-order valence-electron chi connectivity index (χ2n) is 6.09. The minimum atomic E-state index is -0.610. The summed E-state index contributed by atoms with van der Waals surface area (Å²) in [6.07, 6.45) is 1.06. The van der Waals surface area contributed by atoms with Crippen LogP contribution in [0, 0.1) is 10.1 Å². The maximum Gasteiger partial charge on any atom is 0.285 e. The molecule has 1 heterocycles. The Kier molecular flexibility index (Phi) is 6.11. The first-order chi connectivity index (χ1) is 12.3. The quantitative estimate of drug-likeness (QED) is 0.606. The number of pyridine rings is 1. The summed E-state index contributed by atoms with van der Waals surface area (Å²) in [4.78, 5) is 36.3. The fourth-order valence-corrected chi connectivity index (χ4v) is 2.69. The Hall–Kier alpha value is -3.16. The molecule has 0 aliphatic rings. The Labute approximate surface area is 151 Å². The van der Waals surface area contributed by atoms with E-state index in [0.29, 0.717) is 11.7 Å². The molecule has 1 amide bonds. The maximum atomic E-state index is 12.1. The molecule has 138 valence electrons. The van der Waals surface area contributed by atoms with Crippen LogP contribution < -0.4 is 15.8 Å². The van der Waals surface area contributed by atoms with Crippen LogP contribution in [0.25, 0.3) is 0 Å². The summed E-state index contributed by atoms with van der Waals surface area (Å²) in [7, 11) is 0. The predicted molar refractivity (Wildman–Crippen MR) is 101 cm³/mol. The van der Waals surface area contributed by atoms with Gasteiger partial charge in [-0.3, -0.25) is 24.3 Å². The van der Waals surface area contributed by atoms with Crippen LogP contribution in [0.3, 0.4) is 0 Å². The topological polar surface area (TPSA) is 97.5 Å². The van der Waals surface area contributed by atoms with Crippen LogP contribution >= 0.6 is 0 Å². The van der Waals surface area contributed by atoms with E-state index in [4.69, 9.17) is 0 Å². The van der Waals surface area contributed by atoms with Gasteiger partial charge in [0, 0.05) is 36.1 Å². The molecule has 1 aromatic carbocycles. The number of carbonyl (C=O) groups is 1. The van der Waals surface area contributed by atoms with Crippen molar-refractivity contribution in [2.24, 2.45) is 0 Å². The van der Waals surface area contributed by atoms with Gasteiger partial charge < -0.3 is 10.2 Å². The third kappa shape index (κ3) is 4.69. The zero-order valence-electron chi connectivity index (χ0n) is 15.0. The Morgan fingerprint density at radius 2 is 1.88 bits per heavy atom. The number of hydrogen-bond donors (Lipinski definition) is 1. The van der Waals surface area contributed by atoms with E-state index in [-0.39, 0.29) is 12.2 Å². The molecule has 8 nitrogen and oxygen atoms in total. The van der Waals surface area contributed by atoms with Gasteiger partial charge in [-0.1, -0.05) is 0 Å². The van der Waals surface area contributed by atoms with Gasteiger partial charge in [0.1, 0.15) is 6.54 Å². The molecule has 2 aromatic rings. The van der Waals surface area contributed by atoms with Crippen LogP contribution in [0.5, 0.6) is 0 Å². The summed E-state index contributed by atoms with van der Waals surface area (Å²) in [5, 5.41) is 13.5. The van der Waals surface area contributed by atoms with Gasteiger partial charge in [-0.15, -0.1) is 0 Å². The molecule has 1 N–H and O–H groups in total. The summed E-state index contributed by atoms with van der Waals surface area (Å²) in [6, 6.07) is 9.95. The lowest BCUT2D eigenvalue weighted by Crippen LogP contribution is -2.30. The van der Waals surface area contributed by atoms with Crippen LogP contribution in [-0.4, -0.2) is 28.0 Å². The zero-order valence-corrected chi connectivity index (χ0v) is 15.0. The number of nitro groups is 1. The lowest BCUT2D eigenvalue weighted by molar-refractivity contribution is -0.385. The largest absolute Gasteiger partial charge is 0.369 e. The minimum absolute atomic E-state index is 0.241. The van der Waals surface area contributed by atoms with Crippen LogP contribution in [0.15, 0.2) is 47.4 Å². The monoisotopic (exact) mass is 358 g/mol. The minimum Gasteiger partial charge on any atom is -0.369 e. The molecule has 1 aromatic heterocycles. The van der Waals surface area contributed by atoms with E-state index in [1.165, 1.54) is 0 Å². The number of anilines is 2. The van der Waals surface area contributed by atoms with Crippen molar-refractivity contribution in [1.29, 1.82) is 0 Å². The number of benzene rings is 1. The van der Waals surface area contributed by atoms with Crippen LogP contribution in [0.2, 0.25) is 0 Å². The van der Waals surface area contributed by atoms with E-state index >= 15 is 0 Å². The Bertz CT molecular complexity index is 843. The smallest absolute Gasteiger partial charge is 0.285 e. The molecule has 0 unspecified atom stereocenters. The number of carbonyl (C=O) groups excluding carboxylic acids is 1. The zero-order chi connectivity index (χ0) is 19.3. The summed E-state index contributed by atoms with van der Waals surface area (Å²) in [5.41, 5.74) is 0.930. The number of amides is 1. The first-order valence-corrected chi connectivity index (χ1v) is 8.33. The van der Waals surface area contributed by atoms with Crippen molar-refractivity contribution in [3.05, 3.63) is 63.1 Å². The molecule has 0 aliphatic carbocycles. The van der Waals surface area contributed by atoms with E-state index in [1.54, 1.807) is 12.1 Å². The molecule has 0 bridgehead atoms. The first-order valence-electron chi connectivity index (χ1n) is 8.33. The summed E-state index contributed by atoms with van der Waals surface area (Å²) >= 11 is 0. The molecular weight excluding hydrogens is 336 g/mol. The van der Waals surface area contributed by atoms with E-state index in [0.717, 1.165) is 35.1 Å². The van der Waals surface area contributed by atoms with Crippen molar-refractivity contribution in [3.8, 4) is 0 Å². The SMILES string of the molecule is CCN(c1ccc(NC(=O)Cn2cc([N+](=O)[O-])ccc2=O)cc1)C(C)C. The second kappa shape index (κ2) is 8.28. The van der Waals surface area contributed by atoms with Gasteiger partial charge in [-0.25, -0.2) is 0 Å². The average Bonchev–Trinajstić information content (AvgIpc) is 2.58. The Balaban J connectivity index is 2.08. The Morgan fingerprint density at radius 3 is 2.42 bits per heavy atom. The van der Waals surface area contributed by atoms with E-state index in [9.17, 15) is 19.7 Å². The van der Waals surface area contributed by atoms with Gasteiger partial charge in [-0.05, 0) is 45.0 Å². The molecule has 2 rings (SSSR count). The number of hydrogen-bond acceptors (Lipinski definition) is 5. The van der Waals surface area contributed by atoms with Crippen molar-refractivity contribution in [3.63, 3.8) is 0 Å². The van der Waals surface area contributed by atoms with Crippen molar-refractivity contribution in [2.75, 3.05) is 16.8 Å². The molecule has 0 fully saturated rings. The van der Waals surface area contributed by atoms with E-state index < -0.39 is 16.4 Å². The molecule has 8 heteroatoms. The molecular formula is C18H22N4O4. The summed E-state index contributed by atoms with van der Waals surface area (Å²) < 4.78 is 1.01. The van der Waals surface area contributed by atoms with Gasteiger partial charge >= 0.3 is 0 Å². The fraction of sp³-hybridized carbons (Fsp3) is 0.333. The Morgan fingerprint density at radius 1 is 1.23 bits per heavy atom. The molecule has 0 spiro atoms. The van der Waals surface area contributed by atoms with Gasteiger partial charge in [-0.2, -0.15) is 0 Å². The fourth-order valence-electron chi connectivity index (χ4n) is 2.69. The van der Waals surface area contributed by atoms with Crippen molar-refractivity contribution >= 4 is 23.0 Å². The predicted octanol–water partition coefficient (Wildman–Crippen LogP) is 2.63. The highest BCUT2D eigenvalue weighted by Crippen LogP contribution is 2.20. The highest BCUT2D eigenvalue weighted by molar-refractivity contribution is 5.90. The number of nitrogens with zero attached hydrogens (tertiary/aromatic N) is 3. The van der Waals surface area contributed by atoms with Gasteiger partial charge in [0.15, 0.2) is 0 Å². The maximum absolute atomic E-state index is 12.1. The third-order valence-electron chi connectivity index (χ3n) is 3.94. The normalized spacial score (nSPS) is 10.6.